The molecular weight excluding hydrogens is 311 g/mol. The molecule has 0 bridgehead atoms. The summed E-state index contributed by atoms with van der Waals surface area (Å²) >= 11 is 0. The van der Waals surface area contributed by atoms with E-state index in [-0.39, 0.29) is 24.0 Å². The molecule has 0 aliphatic rings. The van der Waals surface area contributed by atoms with Gasteiger partial charge in [0.05, 0.1) is 6.61 Å². The average molecular weight is 342 g/mol. The quantitative estimate of drug-likeness (QED) is 0.586. The molecule has 2 N–H and O–H groups in total. The average Bonchev–Trinajstić information content (AvgIpc) is 2.38. The van der Waals surface area contributed by atoms with Crippen LogP contribution in [0.5, 0.6) is 5.75 Å². The summed E-state index contributed by atoms with van der Waals surface area (Å²) in [6, 6.07) is 4.23. The Morgan fingerprint density at radius 3 is 1.87 bits per heavy atom. The number of aliphatic hydroxyl groups excluding tert-OH is 1. The Bertz CT molecular complexity index is 480. The second kappa shape index (κ2) is 7.94. The van der Waals surface area contributed by atoms with E-state index in [0.717, 1.165) is 11.1 Å². The minimum atomic E-state index is -2.02. The van der Waals surface area contributed by atoms with E-state index in [1.807, 2.05) is 0 Å². The Labute approximate surface area is 141 Å². The molecule has 1 atom stereocenters. The molecule has 0 radical (unpaired) electrons. The van der Waals surface area contributed by atoms with Crippen molar-refractivity contribution in [1.29, 1.82) is 0 Å². The third kappa shape index (κ3) is 6.04. The molecule has 1 rings (SSSR count). The highest BCUT2D eigenvalue weighted by atomic mass is 31.2. The minimum absolute atomic E-state index is 0.0359. The van der Waals surface area contributed by atoms with Crippen molar-refractivity contribution in [2.75, 3.05) is 13.2 Å². The smallest absolute Gasteiger partial charge is 0.394 e. The van der Waals surface area contributed by atoms with Crippen LogP contribution in [0.25, 0.3) is 0 Å². The van der Waals surface area contributed by atoms with Gasteiger partial charge < -0.3 is 19.0 Å². The Kier molecular flexibility index (Phi) is 7.03. The van der Waals surface area contributed by atoms with Gasteiger partial charge in [0.1, 0.15) is 5.75 Å². The van der Waals surface area contributed by atoms with Crippen LogP contribution in [0.3, 0.4) is 0 Å². The number of hydrogen-bond acceptors (Lipinski definition) is 4. The lowest BCUT2D eigenvalue weighted by atomic mass is 9.78. The maximum Gasteiger partial charge on any atom is 0.394 e. The van der Waals surface area contributed by atoms with Gasteiger partial charge >= 0.3 is 8.60 Å². The second-order valence-corrected chi connectivity index (χ2v) is 8.85. The van der Waals surface area contributed by atoms with Gasteiger partial charge in [0.25, 0.3) is 0 Å². The fraction of sp³-hybridized carbons (Fsp3) is 0.667. The van der Waals surface area contributed by atoms with Crippen LogP contribution >= 0.6 is 8.60 Å². The summed E-state index contributed by atoms with van der Waals surface area (Å²) in [6.45, 7) is 15.2. The first kappa shape index (κ1) is 20.4. The molecule has 0 fully saturated rings. The van der Waals surface area contributed by atoms with Gasteiger partial charge in [-0.25, -0.2) is 0 Å². The van der Waals surface area contributed by atoms with Gasteiger partial charge in [-0.2, -0.15) is 0 Å². The second-order valence-electron chi connectivity index (χ2n) is 7.93. The number of aryl methyl sites for hydroxylation is 1. The molecule has 0 spiro atoms. The fourth-order valence-corrected chi connectivity index (χ4v) is 2.99. The van der Waals surface area contributed by atoms with E-state index in [2.05, 4.69) is 60.6 Å². The van der Waals surface area contributed by atoms with Crippen molar-refractivity contribution in [3.8, 4) is 5.75 Å². The summed E-state index contributed by atoms with van der Waals surface area (Å²) in [5.41, 5.74) is 3.09. The molecular formula is C18H31O4P. The summed E-state index contributed by atoms with van der Waals surface area (Å²) in [4.78, 5) is 10.1. The van der Waals surface area contributed by atoms with Crippen molar-refractivity contribution >= 4 is 8.60 Å². The molecule has 5 heteroatoms. The van der Waals surface area contributed by atoms with Crippen molar-refractivity contribution in [3.63, 3.8) is 0 Å². The lowest BCUT2D eigenvalue weighted by molar-refractivity contribution is 0.213. The lowest BCUT2D eigenvalue weighted by Gasteiger charge is -2.30. The van der Waals surface area contributed by atoms with Gasteiger partial charge in [-0.1, -0.05) is 59.2 Å². The van der Waals surface area contributed by atoms with Gasteiger partial charge in [0, 0.05) is 17.7 Å². The zero-order chi connectivity index (χ0) is 17.8. The van der Waals surface area contributed by atoms with Crippen molar-refractivity contribution in [1.82, 2.24) is 0 Å². The molecule has 0 aromatic heterocycles. The third-order valence-corrected chi connectivity index (χ3v) is 4.27. The van der Waals surface area contributed by atoms with E-state index in [1.165, 1.54) is 5.56 Å². The Balaban J connectivity index is 3.25. The summed E-state index contributed by atoms with van der Waals surface area (Å²) in [5.74, 6) is 0.716. The molecule has 0 heterocycles. The summed E-state index contributed by atoms with van der Waals surface area (Å²) in [5, 5.41) is 8.81. The van der Waals surface area contributed by atoms with E-state index in [0.29, 0.717) is 12.2 Å². The molecule has 0 aliphatic carbocycles. The van der Waals surface area contributed by atoms with Crippen LogP contribution in [-0.4, -0.2) is 23.2 Å². The highest BCUT2D eigenvalue weighted by Crippen LogP contribution is 2.46. The highest BCUT2D eigenvalue weighted by Gasteiger charge is 2.29. The van der Waals surface area contributed by atoms with Crippen LogP contribution in [0.2, 0.25) is 0 Å². The zero-order valence-electron chi connectivity index (χ0n) is 15.4. The predicted molar refractivity (Wildman–Crippen MR) is 96.0 cm³/mol. The molecule has 0 saturated carbocycles. The molecule has 1 aromatic carbocycles. The summed E-state index contributed by atoms with van der Waals surface area (Å²) in [6.07, 6.45) is 0.481. The molecule has 0 aliphatic heterocycles. The van der Waals surface area contributed by atoms with Crippen molar-refractivity contribution in [2.24, 2.45) is 0 Å². The number of rotatable bonds is 6. The van der Waals surface area contributed by atoms with Crippen molar-refractivity contribution in [3.05, 3.63) is 28.8 Å². The highest BCUT2D eigenvalue weighted by molar-refractivity contribution is 7.41. The van der Waals surface area contributed by atoms with Gasteiger partial charge in [-0.3, -0.25) is 0 Å². The first-order valence-electron chi connectivity index (χ1n) is 8.03. The van der Waals surface area contributed by atoms with Crippen LogP contribution in [0, 0.1) is 6.92 Å². The number of benzene rings is 1. The standard InChI is InChI=1S/C18H31O4P/c1-13-11-14(17(2,3)4)16(15(12-13)18(5,6)7)22-23(20)21-10-8-9-19/h11-12,19-20H,8-10H2,1-7H3. The van der Waals surface area contributed by atoms with Crippen molar-refractivity contribution < 1.29 is 19.0 Å². The fourth-order valence-electron chi connectivity index (χ4n) is 2.30. The largest absolute Gasteiger partial charge is 0.426 e. The molecule has 0 saturated heterocycles. The van der Waals surface area contributed by atoms with Crippen LogP contribution < -0.4 is 4.52 Å². The Morgan fingerprint density at radius 2 is 1.48 bits per heavy atom. The van der Waals surface area contributed by atoms with Gasteiger partial charge in [-0.15, -0.1) is 0 Å². The van der Waals surface area contributed by atoms with Crippen LogP contribution in [0.15, 0.2) is 12.1 Å². The van der Waals surface area contributed by atoms with Gasteiger partial charge in [0.2, 0.25) is 0 Å². The molecule has 132 valence electrons. The van der Waals surface area contributed by atoms with E-state index in [9.17, 15) is 4.89 Å². The monoisotopic (exact) mass is 342 g/mol. The maximum atomic E-state index is 10.1. The summed E-state index contributed by atoms with van der Waals surface area (Å²) < 4.78 is 11.1. The SMILES string of the molecule is Cc1cc(C(C)(C)C)c(OP(O)OCCCO)c(C(C)(C)C)c1. The normalized spacial score (nSPS) is 14.0. The molecule has 0 amide bonds. The first-order valence-corrected chi connectivity index (χ1v) is 9.16. The first-order chi connectivity index (χ1) is 10.5. The van der Waals surface area contributed by atoms with Crippen LogP contribution in [0.4, 0.5) is 0 Å². The zero-order valence-corrected chi connectivity index (χ0v) is 16.3. The topological polar surface area (TPSA) is 58.9 Å². The maximum absolute atomic E-state index is 10.1. The summed E-state index contributed by atoms with van der Waals surface area (Å²) in [7, 11) is -2.02. The predicted octanol–water partition coefficient (Wildman–Crippen LogP) is 4.59. The van der Waals surface area contributed by atoms with E-state index < -0.39 is 8.60 Å². The molecule has 1 aromatic rings. The van der Waals surface area contributed by atoms with Crippen LogP contribution in [-0.2, 0) is 15.4 Å². The van der Waals surface area contributed by atoms with Crippen molar-refractivity contribution in [2.45, 2.75) is 65.7 Å². The van der Waals surface area contributed by atoms with E-state index >= 15 is 0 Å². The molecule has 4 nitrogen and oxygen atoms in total. The molecule has 23 heavy (non-hydrogen) atoms. The Hall–Kier alpha value is -0.670. The minimum Gasteiger partial charge on any atom is -0.426 e. The molecule has 1 unspecified atom stereocenters. The lowest BCUT2D eigenvalue weighted by Crippen LogP contribution is -2.19. The number of aliphatic hydroxyl groups is 1. The number of hydrogen-bond donors (Lipinski definition) is 2. The van der Waals surface area contributed by atoms with Crippen LogP contribution in [0.1, 0.15) is 64.7 Å². The third-order valence-electron chi connectivity index (χ3n) is 3.52. The van der Waals surface area contributed by atoms with E-state index in [4.69, 9.17) is 14.2 Å². The van der Waals surface area contributed by atoms with E-state index in [1.54, 1.807) is 0 Å². The Morgan fingerprint density at radius 1 is 1.00 bits per heavy atom. The van der Waals surface area contributed by atoms with Gasteiger partial charge in [0.15, 0.2) is 0 Å². The van der Waals surface area contributed by atoms with Gasteiger partial charge in [-0.05, 0) is 24.2 Å².